The number of benzene rings is 2. The summed E-state index contributed by atoms with van der Waals surface area (Å²) in [5.41, 5.74) is 5.88. The van der Waals surface area contributed by atoms with Crippen LogP contribution in [0, 0.1) is 5.82 Å². The fraction of sp³-hybridized carbons (Fsp3) is 0.176. The molecule has 0 saturated heterocycles. The lowest BCUT2D eigenvalue weighted by Crippen LogP contribution is -2.43. The SMILES string of the molecule is CCc1ccc(OCC(=O)NNC(=O)c2ccc(F)cc2)cc1. The van der Waals surface area contributed by atoms with E-state index in [4.69, 9.17) is 4.74 Å². The van der Waals surface area contributed by atoms with E-state index in [9.17, 15) is 14.0 Å². The molecule has 2 aromatic carbocycles. The van der Waals surface area contributed by atoms with E-state index in [1.807, 2.05) is 19.1 Å². The lowest BCUT2D eigenvalue weighted by molar-refractivity contribution is -0.123. The molecule has 0 spiro atoms. The quantitative estimate of drug-likeness (QED) is 0.831. The number of aryl methyl sites for hydroxylation is 1. The van der Waals surface area contributed by atoms with Gasteiger partial charge in [-0.15, -0.1) is 0 Å². The predicted molar refractivity (Wildman–Crippen MR) is 83.3 cm³/mol. The smallest absolute Gasteiger partial charge is 0.276 e. The van der Waals surface area contributed by atoms with Crippen LogP contribution in [0.4, 0.5) is 4.39 Å². The zero-order chi connectivity index (χ0) is 16.7. The van der Waals surface area contributed by atoms with Crippen molar-refractivity contribution in [3.63, 3.8) is 0 Å². The number of carbonyl (C=O) groups excluding carboxylic acids is 2. The minimum Gasteiger partial charge on any atom is -0.484 e. The van der Waals surface area contributed by atoms with Crippen LogP contribution in [0.25, 0.3) is 0 Å². The largest absolute Gasteiger partial charge is 0.484 e. The molecule has 0 radical (unpaired) electrons. The van der Waals surface area contributed by atoms with Crippen molar-refractivity contribution < 1.29 is 18.7 Å². The molecule has 2 N–H and O–H groups in total. The van der Waals surface area contributed by atoms with Crippen molar-refractivity contribution in [2.75, 3.05) is 6.61 Å². The third-order valence-corrected chi connectivity index (χ3v) is 3.12. The van der Waals surface area contributed by atoms with E-state index in [1.54, 1.807) is 12.1 Å². The van der Waals surface area contributed by atoms with Gasteiger partial charge < -0.3 is 4.74 Å². The van der Waals surface area contributed by atoms with Crippen LogP contribution in [-0.4, -0.2) is 18.4 Å². The Kier molecular flexibility index (Phi) is 5.68. The molecule has 2 aromatic rings. The maximum absolute atomic E-state index is 12.8. The van der Waals surface area contributed by atoms with Gasteiger partial charge in [-0.3, -0.25) is 20.4 Å². The van der Waals surface area contributed by atoms with E-state index in [0.29, 0.717) is 5.75 Å². The molecule has 0 aliphatic heterocycles. The zero-order valence-corrected chi connectivity index (χ0v) is 12.6. The van der Waals surface area contributed by atoms with E-state index < -0.39 is 17.6 Å². The van der Waals surface area contributed by atoms with Gasteiger partial charge in [0.05, 0.1) is 0 Å². The van der Waals surface area contributed by atoms with Crippen LogP contribution in [0.1, 0.15) is 22.8 Å². The van der Waals surface area contributed by atoms with Crippen LogP contribution < -0.4 is 15.6 Å². The maximum atomic E-state index is 12.8. The topological polar surface area (TPSA) is 67.4 Å². The first-order valence-electron chi connectivity index (χ1n) is 7.15. The first-order chi connectivity index (χ1) is 11.1. The van der Waals surface area contributed by atoms with Gasteiger partial charge in [0.1, 0.15) is 11.6 Å². The minimum absolute atomic E-state index is 0.227. The number of amides is 2. The van der Waals surface area contributed by atoms with Gasteiger partial charge in [-0.1, -0.05) is 19.1 Å². The molecule has 0 aromatic heterocycles. The van der Waals surface area contributed by atoms with Crippen molar-refractivity contribution in [3.8, 4) is 5.75 Å². The third-order valence-electron chi connectivity index (χ3n) is 3.12. The number of hydrogen-bond acceptors (Lipinski definition) is 3. The highest BCUT2D eigenvalue weighted by Gasteiger charge is 2.08. The van der Waals surface area contributed by atoms with Gasteiger partial charge in [0.15, 0.2) is 6.61 Å². The van der Waals surface area contributed by atoms with Gasteiger partial charge in [-0.2, -0.15) is 0 Å². The summed E-state index contributed by atoms with van der Waals surface area (Å²) in [5, 5.41) is 0. The Labute approximate surface area is 133 Å². The standard InChI is InChI=1S/C17H17FN2O3/c1-2-12-3-9-15(10-4-12)23-11-16(21)19-20-17(22)13-5-7-14(18)8-6-13/h3-10H,2,11H2,1H3,(H,19,21)(H,20,22). The molecule has 120 valence electrons. The summed E-state index contributed by atoms with van der Waals surface area (Å²) in [5.74, 6) is -0.902. The molecule has 0 bridgehead atoms. The summed E-state index contributed by atoms with van der Waals surface area (Å²) in [6.07, 6.45) is 0.927. The molecule has 23 heavy (non-hydrogen) atoms. The van der Waals surface area contributed by atoms with Gasteiger partial charge in [0, 0.05) is 5.56 Å². The van der Waals surface area contributed by atoms with Crippen molar-refractivity contribution >= 4 is 11.8 Å². The molecular formula is C17H17FN2O3. The molecule has 2 amide bonds. The molecule has 0 aliphatic rings. The van der Waals surface area contributed by atoms with Crippen LogP contribution in [-0.2, 0) is 11.2 Å². The summed E-state index contributed by atoms with van der Waals surface area (Å²) >= 11 is 0. The summed E-state index contributed by atoms with van der Waals surface area (Å²) in [7, 11) is 0. The van der Waals surface area contributed by atoms with Gasteiger partial charge >= 0.3 is 0 Å². The Morgan fingerprint density at radius 3 is 2.26 bits per heavy atom. The number of hydrazine groups is 1. The number of nitrogens with one attached hydrogen (secondary N) is 2. The average Bonchev–Trinajstić information content (AvgIpc) is 2.59. The minimum atomic E-state index is -0.536. The molecule has 0 fully saturated rings. The van der Waals surface area contributed by atoms with Crippen LogP contribution in [0.2, 0.25) is 0 Å². The number of ether oxygens (including phenoxy) is 1. The number of halogens is 1. The number of rotatable bonds is 5. The molecular weight excluding hydrogens is 299 g/mol. The van der Waals surface area contributed by atoms with Crippen molar-refractivity contribution in [3.05, 3.63) is 65.5 Å². The number of carbonyl (C=O) groups is 2. The molecule has 2 rings (SSSR count). The van der Waals surface area contributed by atoms with Crippen molar-refractivity contribution in [1.82, 2.24) is 10.9 Å². The number of hydrogen-bond donors (Lipinski definition) is 2. The normalized spacial score (nSPS) is 10.0. The van der Waals surface area contributed by atoms with E-state index >= 15 is 0 Å². The Balaban J connectivity index is 1.76. The monoisotopic (exact) mass is 316 g/mol. The second kappa shape index (κ2) is 7.93. The first kappa shape index (κ1) is 16.5. The first-order valence-corrected chi connectivity index (χ1v) is 7.15. The Hall–Kier alpha value is -2.89. The van der Waals surface area contributed by atoms with Gasteiger partial charge in [-0.25, -0.2) is 4.39 Å². The highest BCUT2D eigenvalue weighted by atomic mass is 19.1. The highest BCUT2D eigenvalue weighted by molar-refractivity contribution is 5.95. The Morgan fingerprint density at radius 1 is 1.00 bits per heavy atom. The molecule has 0 aliphatic carbocycles. The predicted octanol–water partition coefficient (Wildman–Crippen LogP) is 2.23. The summed E-state index contributed by atoms with van der Waals surface area (Å²) < 4.78 is 18.1. The summed E-state index contributed by atoms with van der Waals surface area (Å²) in [6.45, 7) is 1.82. The molecule has 5 nitrogen and oxygen atoms in total. The maximum Gasteiger partial charge on any atom is 0.276 e. The molecule has 0 heterocycles. The second-order valence-electron chi connectivity index (χ2n) is 4.80. The van der Waals surface area contributed by atoms with E-state index in [1.165, 1.54) is 29.8 Å². The van der Waals surface area contributed by atoms with Gasteiger partial charge in [-0.05, 0) is 48.4 Å². The van der Waals surface area contributed by atoms with E-state index in [2.05, 4.69) is 10.9 Å². The van der Waals surface area contributed by atoms with Crippen LogP contribution in [0.15, 0.2) is 48.5 Å². The lowest BCUT2D eigenvalue weighted by Gasteiger charge is -2.09. The van der Waals surface area contributed by atoms with Gasteiger partial charge in [0.25, 0.3) is 11.8 Å². The van der Waals surface area contributed by atoms with Crippen molar-refractivity contribution in [1.29, 1.82) is 0 Å². The summed E-state index contributed by atoms with van der Waals surface area (Å²) in [4.78, 5) is 23.3. The Bertz CT molecular complexity index is 669. The molecule has 0 saturated carbocycles. The second-order valence-corrected chi connectivity index (χ2v) is 4.80. The zero-order valence-electron chi connectivity index (χ0n) is 12.6. The molecule has 0 atom stereocenters. The van der Waals surface area contributed by atoms with E-state index in [0.717, 1.165) is 6.42 Å². The average molecular weight is 316 g/mol. The third kappa shape index (κ3) is 5.10. The Morgan fingerprint density at radius 2 is 1.65 bits per heavy atom. The lowest BCUT2D eigenvalue weighted by atomic mass is 10.2. The fourth-order valence-electron chi connectivity index (χ4n) is 1.81. The van der Waals surface area contributed by atoms with Crippen LogP contribution in [0.3, 0.4) is 0 Å². The van der Waals surface area contributed by atoms with Crippen molar-refractivity contribution in [2.45, 2.75) is 13.3 Å². The van der Waals surface area contributed by atoms with Crippen molar-refractivity contribution in [2.24, 2.45) is 0 Å². The highest BCUT2D eigenvalue weighted by Crippen LogP contribution is 2.12. The van der Waals surface area contributed by atoms with Crippen LogP contribution >= 0.6 is 0 Å². The molecule has 6 heteroatoms. The fourth-order valence-corrected chi connectivity index (χ4v) is 1.81. The summed E-state index contributed by atoms with van der Waals surface area (Å²) in [6, 6.07) is 12.4. The van der Waals surface area contributed by atoms with Crippen LogP contribution in [0.5, 0.6) is 5.75 Å². The van der Waals surface area contributed by atoms with E-state index in [-0.39, 0.29) is 12.2 Å². The van der Waals surface area contributed by atoms with Gasteiger partial charge in [0.2, 0.25) is 0 Å². The molecule has 0 unspecified atom stereocenters.